The Kier molecular flexibility index (Phi) is 7.54. The Bertz CT molecular complexity index is 436. The average Bonchev–Trinajstić information content (AvgIpc) is 2.94. The zero-order valence-corrected chi connectivity index (χ0v) is 13.6. The third kappa shape index (κ3) is 5.21. The Morgan fingerprint density at radius 3 is 2.71 bits per heavy atom. The van der Waals surface area contributed by atoms with Crippen LogP contribution < -0.4 is 10.1 Å². The van der Waals surface area contributed by atoms with E-state index in [1.165, 1.54) is 5.56 Å². The first kappa shape index (κ1) is 17.8. The molecule has 1 saturated heterocycles. The molecular weight excluding hydrogens is 288 g/mol. The van der Waals surface area contributed by atoms with Crippen LogP contribution in [-0.4, -0.2) is 44.1 Å². The molecule has 1 aliphatic heterocycles. The van der Waals surface area contributed by atoms with Gasteiger partial charge in [0.15, 0.2) is 6.61 Å². The van der Waals surface area contributed by atoms with Gasteiger partial charge in [-0.2, -0.15) is 0 Å². The molecule has 118 valence electrons. The number of halogens is 1. The highest BCUT2D eigenvalue weighted by Gasteiger charge is 2.25. The highest BCUT2D eigenvalue weighted by molar-refractivity contribution is 5.85. The van der Waals surface area contributed by atoms with Gasteiger partial charge in [0.05, 0.1) is 0 Å². The Morgan fingerprint density at radius 1 is 1.38 bits per heavy atom. The Morgan fingerprint density at radius 2 is 2.10 bits per heavy atom. The third-order valence-electron chi connectivity index (χ3n) is 3.83. The topological polar surface area (TPSA) is 41.6 Å². The second kappa shape index (κ2) is 8.90. The normalized spacial score (nSPS) is 17.4. The Hall–Kier alpha value is -1.26. The number of carbonyl (C=O) groups excluding carboxylic acids is 1. The second-order valence-corrected chi connectivity index (χ2v) is 5.34. The summed E-state index contributed by atoms with van der Waals surface area (Å²) in [6.07, 6.45) is 2.09. The zero-order chi connectivity index (χ0) is 14.4. The number of aryl methyl sites for hydroxylation is 1. The van der Waals surface area contributed by atoms with E-state index in [1.54, 1.807) is 0 Å². The zero-order valence-electron chi connectivity index (χ0n) is 12.8. The van der Waals surface area contributed by atoms with Crippen molar-refractivity contribution < 1.29 is 9.53 Å². The minimum atomic E-state index is 0. The summed E-state index contributed by atoms with van der Waals surface area (Å²) in [5, 5.41) is 3.17. The van der Waals surface area contributed by atoms with Gasteiger partial charge >= 0.3 is 0 Å². The molecule has 5 heteroatoms. The monoisotopic (exact) mass is 312 g/mol. The van der Waals surface area contributed by atoms with Gasteiger partial charge in [0.1, 0.15) is 5.75 Å². The molecule has 1 aliphatic rings. The number of nitrogens with zero attached hydrogens (tertiary/aromatic N) is 1. The van der Waals surface area contributed by atoms with Gasteiger partial charge in [-0.05, 0) is 50.0 Å². The van der Waals surface area contributed by atoms with Crippen molar-refractivity contribution >= 4 is 18.3 Å². The van der Waals surface area contributed by atoms with Gasteiger partial charge < -0.3 is 15.0 Å². The van der Waals surface area contributed by atoms with Crippen LogP contribution in [0.3, 0.4) is 0 Å². The lowest BCUT2D eigenvalue weighted by Crippen LogP contribution is -2.34. The Labute approximate surface area is 133 Å². The maximum Gasteiger partial charge on any atom is 0.260 e. The number of rotatable bonds is 6. The van der Waals surface area contributed by atoms with Crippen LogP contribution >= 0.6 is 12.4 Å². The highest BCUT2D eigenvalue weighted by Crippen LogP contribution is 2.16. The van der Waals surface area contributed by atoms with Crippen molar-refractivity contribution in [2.75, 3.05) is 33.3 Å². The molecule has 1 amide bonds. The lowest BCUT2D eigenvalue weighted by atomic mass is 10.1. The summed E-state index contributed by atoms with van der Waals surface area (Å²) in [6, 6.07) is 7.94. The smallest absolute Gasteiger partial charge is 0.260 e. The first-order valence-corrected chi connectivity index (χ1v) is 7.37. The molecule has 0 radical (unpaired) electrons. The largest absolute Gasteiger partial charge is 0.484 e. The Balaban J connectivity index is 0.00000220. The maximum absolute atomic E-state index is 12.1. The number of benzene rings is 1. The van der Waals surface area contributed by atoms with E-state index in [2.05, 4.69) is 12.2 Å². The van der Waals surface area contributed by atoms with E-state index in [0.717, 1.165) is 38.2 Å². The van der Waals surface area contributed by atoms with Gasteiger partial charge in [0.2, 0.25) is 0 Å². The number of carbonyl (C=O) groups is 1. The minimum absolute atomic E-state index is 0. The lowest BCUT2D eigenvalue weighted by Gasteiger charge is -2.17. The molecule has 1 aromatic carbocycles. The molecular formula is C16H25ClN2O2. The molecule has 1 aromatic rings. The van der Waals surface area contributed by atoms with Gasteiger partial charge in [-0.1, -0.05) is 19.1 Å². The highest BCUT2D eigenvalue weighted by atomic mass is 35.5. The average molecular weight is 313 g/mol. The van der Waals surface area contributed by atoms with Crippen molar-refractivity contribution in [2.45, 2.75) is 19.8 Å². The summed E-state index contributed by atoms with van der Waals surface area (Å²) in [6.45, 7) is 4.93. The summed E-state index contributed by atoms with van der Waals surface area (Å²) in [5.74, 6) is 1.43. The molecule has 1 atom stereocenters. The van der Waals surface area contributed by atoms with Crippen LogP contribution in [0.25, 0.3) is 0 Å². The van der Waals surface area contributed by atoms with E-state index in [0.29, 0.717) is 5.92 Å². The van der Waals surface area contributed by atoms with E-state index in [-0.39, 0.29) is 24.9 Å². The summed E-state index contributed by atoms with van der Waals surface area (Å²) >= 11 is 0. The maximum atomic E-state index is 12.1. The second-order valence-electron chi connectivity index (χ2n) is 5.34. The molecule has 0 saturated carbocycles. The van der Waals surface area contributed by atoms with Crippen molar-refractivity contribution in [1.82, 2.24) is 10.2 Å². The third-order valence-corrected chi connectivity index (χ3v) is 3.83. The summed E-state index contributed by atoms with van der Waals surface area (Å²) in [5.41, 5.74) is 1.28. The molecule has 21 heavy (non-hydrogen) atoms. The van der Waals surface area contributed by atoms with Gasteiger partial charge in [0, 0.05) is 13.1 Å². The van der Waals surface area contributed by atoms with E-state index < -0.39 is 0 Å². The van der Waals surface area contributed by atoms with E-state index in [9.17, 15) is 4.79 Å². The fourth-order valence-electron chi connectivity index (χ4n) is 2.57. The number of hydrogen-bond donors (Lipinski definition) is 1. The molecule has 0 aliphatic carbocycles. The molecule has 1 unspecified atom stereocenters. The molecule has 0 bridgehead atoms. The molecule has 0 aromatic heterocycles. The van der Waals surface area contributed by atoms with E-state index in [1.807, 2.05) is 36.2 Å². The minimum Gasteiger partial charge on any atom is -0.484 e. The first-order chi connectivity index (χ1) is 9.72. The van der Waals surface area contributed by atoms with Crippen LogP contribution in [-0.2, 0) is 11.2 Å². The predicted octanol–water partition coefficient (Wildman–Crippen LogP) is 2.12. The molecule has 2 rings (SSSR count). The quantitative estimate of drug-likeness (QED) is 0.875. The van der Waals surface area contributed by atoms with Crippen LogP contribution in [0.1, 0.15) is 18.9 Å². The molecule has 4 nitrogen and oxygen atoms in total. The van der Waals surface area contributed by atoms with Crippen molar-refractivity contribution in [3.8, 4) is 5.75 Å². The van der Waals surface area contributed by atoms with Gasteiger partial charge in [-0.25, -0.2) is 0 Å². The van der Waals surface area contributed by atoms with Crippen LogP contribution in [0.15, 0.2) is 24.3 Å². The van der Waals surface area contributed by atoms with Crippen LogP contribution in [0, 0.1) is 5.92 Å². The predicted molar refractivity (Wildman–Crippen MR) is 87.2 cm³/mol. The number of nitrogens with one attached hydrogen (secondary N) is 1. The van der Waals surface area contributed by atoms with Crippen LogP contribution in [0.5, 0.6) is 5.75 Å². The molecule has 1 fully saturated rings. The van der Waals surface area contributed by atoms with Crippen LogP contribution in [0.2, 0.25) is 0 Å². The van der Waals surface area contributed by atoms with E-state index in [4.69, 9.17) is 4.74 Å². The summed E-state index contributed by atoms with van der Waals surface area (Å²) < 4.78 is 5.57. The molecule has 1 N–H and O–H groups in total. The number of amides is 1. The lowest BCUT2D eigenvalue weighted by molar-refractivity contribution is -0.132. The number of hydrogen-bond acceptors (Lipinski definition) is 3. The SMILES string of the molecule is CCc1ccc(OCC(=O)N2CCC(CNC)C2)cc1.Cl. The van der Waals surface area contributed by atoms with E-state index >= 15 is 0 Å². The number of likely N-dealkylation sites (tertiary alicyclic amines) is 1. The van der Waals surface area contributed by atoms with Crippen molar-refractivity contribution in [3.63, 3.8) is 0 Å². The van der Waals surface area contributed by atoms with Crippen molar-refractivity contribution in [1.29, 1.82) is 0 Å². The summed E-state index contributed by atoms with van der Waals surface area (Å²) in [7, 11) is 1.95. The van der Waals surface area contributed by atoms with Crippen LogP contribution in [0.4, 0.5) is 0 Å². The molecule has 0 spiro atoms. The van der Waals surface area contributed by atoms with Gasteiger partial charge in [-0.15, -0.1) is 12.4 Å². The molecule has 1 heterocycles. The number of ether oxygens (including phenoxy) is 1. The first-order valence-electron chi connectivity index (χ1n) is 7.37. The summed E-state index contributed by atoms with van der Waals surface area (Å²) in [4.78, 5) is 14.0. The standard InChI is InChI=1S/C16H24N2O2.ClH/c1-3-13-4-6-15(7-5-13)20-12-16(19)18-9-8-14(11-18)10-17-2;/h4-7,14,17H,3,8-12H2,1-2H3;1H. The van der Waals surface area contributed by atoms with Gasteiger partial charge in [0.25, 0.3) is 5.91 Å². The fourth-order valence-corrected chi connectivity index (χ4v) is 2.57. The fraction of sp³-hybridized carbons (Fsp3) is 0.562. The van der Waals surface area contributed by atoms with Gasteiger partial charge in [-0.3, -0.25) is 4.79 Å². The van der Waals surface area contributed by atoms with Crippen molar-refractivity contribution in [3.05, 3.63) is 29.8 Å². The van der Waals surface area contributed by atoms with Crippen molar-refractivity contribution in [2.24, 2.45) is 5.92 Å².